The number of rotatable bonds is 3. The van der Waals surface area contributed by atoms with Crippen molar-refractivity contribution in [2.75, 3.05) is 11.1 Å². The van der Waals surface area contributed by atoms with Gasteiger partial charge in [0, 0.05) is 9.64 Å². The molecule has 0 saturated heterocycles. The standard InChI is InChI=1S/C10H10IN3O/c11-7-1-2-10(9(12)5-7)13-6-8-3-4-14-15-8/h1-5,13H,6,12H2. The highest BCUT2D eigenvalue weighted by molar-refractivity contribution is 14.1. The summed E-state index contributed by atoms with van der Waals surface area (Å²) in [7, 11) is 0. The number of anilines is 2. The molecule has 2 rings (SSSR count). The molecule has 0 aliphatic heterocycles. The van der Waals surface area contributed by atoms with Crippen LogP contribution in [0.25, 0.3) is 0 Å². The Labute approximate surface area is 101 Å². The molecule has 0 fully saturated rings. The molecule has 1 aromatic carbocycles. The van der Waals surface area contributed by atoms with Crippen LogP contribution in [0.15, 0.2) is 35.0 Å². The van der Waals surface area contributed by atoms with E-state index in [4.69, 9.17) is 10.3 Å². The predicted molar refractivity (Wildman–Crippen MR) is 67.4 cm³/mol. The van der Waals surface area contributed by atoms with Gasteiger partial charge in [0.2, 0.25) is 0 Å². The second-order valence-corrected chi connectivity index (χ2v) is 4.31. The lowest BCUT2D eigenvalue weighted by Crippen LogP contribution is -2.01. The molecule has 0 unspecified atom stereocenters. The Balaban J connectivity index is 2.05. The Hall–Kier alpha value is -1.24. The van der Waals surface area contributed by atoms with Gasteiger partial charge in [0.1, 0.15) is 0 Å². The number of benzene rings is 1. The molecule has 0 saturated carbocycles. The predicted octanol–water partition coefficient (Wildman–Crippen LogP) is 2.47. The van der Waals surface area contributed by atoms with Crippen molar-refractivity contribution in [2.45, 2.75) is 6.54 Å². The van der Waals surface area contributed by atoms with Crippen molar-refractivity contribution in [3.05, 3.63) is 39.8 Å². The summed E-state index contributed by atoms with van der Waals surface area (Å²) in [6, 6.07) is 7.69. The van der Waals surface area contributed by atoms with Crippen LogP contribution in [-0.4, -0.2) is 5.16 Å². The minimum atomic E-state index is 0.588. The SMILES string of the molecule is Nc1cc(I)ccc1NCc1ccno1. The maximum absolute atomic E-state index is 5.85. The van der Waals surface area contributed by atoms with Crippen LogP contribution in [0.1, 0.15) is 5.76 Å². The summed E-state index contributed by atoms with van der Waals surface area (Å²) in [6.45, 7) is 0.588. The van der Waals surface area contributed by atoms with Gasteiger partial charge in [-0.25, -0.2) is 0 Å². The average Bonchev–Trinajstić information content (AvgIpc) is 2.69. The highest BCUT2D eigenvalue weighted by Gasteiger charge is 2.01. The lowest BCUT2D eigenvalue weighted by Gasteiger charge is -2.07. The molecule has 1 aromatic heterocycles. The van der Waals surface area contributed by atoms with Gasteiger partial charge in [0.05, 0.1) is 24.1 Å². The smallest absolute Gasteiger partial charge is 0.155 e. The van der Waals surface area contributed by atoms with E-state index >= 15 is 0 Å². The van der Waals surface area contributed by atoms with Crippen LogP contribution in [0.3, 0.4) is 0 Å². The van der Waals surface area contributed by atoms with Gasteiger partial charge in [-0.15, -0.1) is 0 Å². The molecule has 4 nitrogen and oxygen atoms in total. The van der Waals surface area contributed by atoms with Crippen molar-refractivity contribution in [3.8, 4) is 0 Å². The van der Waals surface area contributed by atoms with E-state index in [0.717, 1.165) is 20.7 Å². The number of hydrogen-bond donors (Lipinski definition) is 2. The largest absolute Gasteiger partial charge is 0.397 e. The van der Waals surface area contributed by atoms with E-state index in [0.29, 0.717) is 6.54 Å². The zero-order chi connectivity index (χ0) is 10.7. The molecule has 0 spiro atoms. The second kappa shape index (κ2) is 4.52. The highest BCUT2D eigenvalue weighted by atomic mass is 127. The summed E-state index contributed by atoms with van der Waals surface area (Å²) in [5.74, 6) is 0.785. The van der Waals surface area contributed by atoms with Gasteiger partial charge in [0.15, 0.2) is 5.76 Å². The Morgan fingerprint density at radius 3 is 2.93 bits per heavy atom. The van der Waals surface area contributed by atoms with E-state index in [9.17, 15) is 0 Å². The molecular weight excluding hydrogens is 305 g/mol. The first kappa shape index (κ1) is 10.3. The van der Waals surface area contributed by atoms with Crippen LogP contribution in [-0.2, 0) is 6.54 Å². The third kappa shape index (κ3) is 2.62. The fourth-order valence-corrected chi connectivity index (χ4v) is 1.73. The average molecular weight is 315 g/mol. The summed E-state index contributed by atoms with van der Waals surface area (Å²) in [4.78, 5) is 0. The molecule has 0 amide bonds. The summed E-state index contributed by atoms with van der Waals surface area (Å²) in [5, 5.41) is 6.80. The number of hydrogen-bond acceptors (Lipinski definition) is 4. The third-order valence-corrected chi connectivity index (χ3v) is 2.63. The van der Waals surface area contributed by atoms with Gasteiger partial charge in [-0.05, 0) is 40.8 Å². The van der Waals surface area contributed by atoms with E-state index in [-0.39, 0.29) is 0 Å². The van der Waals surface area contributed by atoms with E-state index in [1.165, 1.54) is 0 Å². The fraction of sp³-hybridized carbons (Fsp3) is 0.100. The first-order valence-electron chi connectivity index (χ1n) is 4.44. The molecule has 0 atom stereocenters. The highest BCUT2D eigenvalue weighted by Crippen LogP contribution is 2.21. The lowest BCUT2D eigenvalue weighted by atomic mass is 10.2. The first-order valence-corrected chi connectivity index (χ1v) is 5.52. The summed E-state index contributed by atoms with van der Waals surface area (Å²) in [5.41, 5.74) is 7.49. The van der Waals surface area contributed by atoms with Crippen molar-refractivity contribution < 1.29 is 4.52 Å². The molecule has 0 aliphatic rings. The summed E-state index contributed by atoms with van der Waals surface area (Å²) in [6.07, 6.45) is 1.62. The monoisotopic (exact) mass is 315 g/mol. The Morgan fingerprint density at radius 1 is 1.40 bits per heavy atom. The van der Waals surface area contributed by atoms with E-state index < -0.39 is 0 Å². The fourth-order valence-electron chi connectivity index (χ4n) is 1.21. The number of nitrogen functional groups attached to an aromatic ring is 1. The van der Waals surface area contributed by atoms with Gasteiger partial charge in [-0.1, -0.05) is 5.16 Å². The van der Waals surface area contributed by atoms with Crippen molar-refractivity contribution >= 4 is 34.0 Å². The summed E-state index contributed by atoms with van der Waals surface area (Å²) < 4.78 is 6.08. The molecule has 78 valence electrons. The minimum absolute atomic E-state index is 0.588. The lowest BCUT2D eigenvalue weighted by molar-refractivity contribution is 0.388. The van der Waals surface area contributed by atoms with Crippen LogP contribution in [0.2, 0.25) is 0 Å². The Bertz CT molecular complexity index is 442. The molecular formula is C10H10IN3O. The van der Waals surface area contributed by atoms with Crippen LogP contribution >= 0.6 is 22.6 Å². The number of halogens is 1. The molecule has 3 N–H and O–H groups in total. The Kier molecular flexibility index (Phi) is 3.10. The van der Waals surface area contributed by atoms with Gasteiger partial charge in [-0.3, -0.25) is 0 Å². The minimum Gasteiger partial charge on any atom is -0.397 e. The van der Waals surface area contributed by atoms with Gasteiger partial charge >= 0.3 is 0 Å². The topological polar surface area (TPSA) is 64.1 Å². The third-order valence-electron chi connectivity index (χ3n) is 1.96. The molecule has 0 bridgehead atoms. The zero-order valence-electron chi connectivity index (χ0n) is 7.90. The van der Waals surface area contributed by atoms with Crippen LogP contribution in [0.5, 0.6) is 0 Å². The number of nitrogens with two attached hydrogens (primary N) is 1. The molecule has 0 aliphatic carbocycles. The van der Waals surface area contributed by atoms with Gasteiger partial charge in [0.25, 0.3) is 0 Å². The van der Waals surface area contributed by atoms with E-state index in [1.54, 1.807) is 6.20 Å². The molecule has 15 heavy (non-hydrogen) atoms. The Morgan fingerprint density at radius 2 is 2.27 bits per heavy atom. The van der Waals surface area contributed by atoms with E-state index in [2.05, 4.69) is 33.1 Å². The zero-order valence-corrected chi connectivity index (χ0v) is 10.1. The maximum Gasteiger partial charge on any atom is 0.155 e. The van der Waals surface area contributed by atoms with Gasteiger partial charge < -0.3 is 15.6 Å². The molecule has 5 heteroatoms. The number of nitrogens with one attached hydrogen (secondary N) is 1. The van der Waals surface area contributed by atoms with Crippen molar-refractivity contribution in [1.29, 1.82) is 0 Å². The van der Waals surface area contributed by atoms with Crippen LogP contribution in [0, 0.1) is 3.57 Å². The van der Waals surface area contributed by atoms with Crippen molar-refractivity contribution in [2.24, 2.45) is 0 Å². The second-order valence-electron chi connectivity index (χ2n) is 3.06. The van der Waals surface area contributed by atoms with E-state index in [1.807, 2.05) is 24.3 Å². The first-order chi connectivity index (χ1) is 7.25. The van der Waals surface area contributed by atoms with Crippen LogP contribution < -0.4 is 11.1 Å². The molecule has 2 aromatic rings. The quantitative estimate of drug-likeness (QED) is 0.675. The normalized spacial score (nSPS) is 10.2. The molecule has 1 heterocycles. The maximum atomic E-state index is 5.85. The summed E-state index contributed by atoms with van der Waals surface area (Å²) >= 11 is 2.22. The van der Waals surface area contributed by atoms with Crippen LogP contribution in [0.4, 0.5) is 11.4 Å². The van der Waals surface area contributed by atoms with Crippen molar-refractivity contribution in [1.82, 2.24) is 5.16 Å². The number of aromatic nitrogens is 1. The van der Waals surface area contributed by atoms with Crippen molar-refractivity contribution in [3.63, 3.8) is 0 Å². The van der Waals surface area contributed by atoms with Gasteiger partial charge in [-0.2, -0.15) is 0 Å². The number of nitrogens with zero attached hydrogens (tertiary/aromatic N) is 1. The molecule has 0 radical (unpaired) electrons.